The third-order valence-electron chi connectivity index (χ3n) is 1.52. The summed E-state index contributed by atoms with van der Waals surface area (Å²) < 4.78 is 61.3. The molecule has 0 N–H and O–H groups in total. The van der Waals surface area contributed by atoms with E-state index in [4.69, 9.17) is 11.6 Å². The number of benzene rings is 1. The second-order valence-corrected chi connectivity index (χ2v) is 3.20. The minimum absolute atomic E-state index is 0. The van der Waals surface area contributed by atoms with Gasteiger partial charge in [0.1, 0.15) is 11.6 Å². The Hall–Kier alpha value is 0.601. The topological polar surface area (TPSA) is 0 Å². The van der Waals surface area contributed by atoms with E-state index in [9.17, 15) is 21.7 Å². The zero-order valence-electron chi connectivity index (χ0n) is 8.15. The number of hydrogen-bond donors (Lipinski definition) is 0. The average Bonchev–Trinajstić information content (AvgIpc) is 1.99. The van der Waals surface area contributed by atoms with Gasteiger partial charge in [-0.2, -0.15) is 0 Å². The summed E-state index contributed by atoms with van der Waals surface area (Å²) in [6, 6.07) is 1.49. The molecule has 82 valence electrons. The first-order valence-corrected chi connectivity index (χ1v) is 4.21. The molecule has 0 aliphatic rings. The first kappa shape index (κ1) is 16.6. The van der Waals surface area contributed by atoms with Crippen LogP contribution >= 0.6 is 11.6 Å². The summed E-state index contributed by atoms with van der Waals surface area (Å²) >= 11 is 5.29. The van der Waals surface area contributed by atoms with Gasteiger partial charge in [0.2, 0.25) is 0 Å². The summed E-state index contributed by atoms with van der Waals surface area (Å²) in [5.41, 5.74) is -0.751. The molecule has 1 aromatic carbocycles. The van der Waals surface area contributed by atoms with E-state index in [0.29, 0.717) is 6.08 Å². The Morgan fingerprint density at radius 1 is 1.06 bits per heavy atom. The van der Waals surface area contributed by atoms with Crippen LogP contribution in [-0.2, 0) is 0 Å². The fourth-order valence-electron chi connectivity index (χ4n) is 0.918. The molecule has 0 atom stereocenters. The summed E-state index contributed by atoms with van der Waals surface area (Å²) in [5, 5.41) is -0.209. The molecule has 8 heteroatoms. The normalized spacial score (nSPS) is 11.6. The van der Waals surface area contributed by atoms with E-state index in [-0.39, 0.29) is 62.4 Å². The number of halogens is 6. The Labute approximate surface area is 136 Å². The van der Waals surface area contributed by atoms with Crippen LogP contribution in [0.25, 0.3) is 6.08 Å². The smallest absolute Gasteiger partial charge is 0.445 e. The van der Waals surface area contributed by atoms with Crippen LogP contribution in [-0.4, -0.2) is 6.98 Å². The van der Waals surface area contributed by atoms with Crippen molar-refractivity contribution in [1.29, 1.82) is 0 Å². The van der Waals surface area contributed by atoms with Gasteiger partial charge in [0.25, 0.3) is 0 Å². The van der Waals surface area contributed by atoms with Gasteiger partial charge in [-0.15, -0.1) is 5.98 Å². The molecule has 16 heavy (non-hydrogen) atoms. The van der Waals surface area contributed by atoms with E-state index < -0.39 is 24.2 Å². The van der Waals surface area contributed by atoms with Crippen LogP contribution in [0.1, 0.15) is 5.56 Å². The van der Waals surface area contributed by atoms with Crippen LogP contribution in [0.15, 0.2) is 18.1 Å². The Balaban J connectivity index is 0.00000225. The maximum absolute atomic E-state index is 13.0. The molecule has 0 bridgehead atoms. The third kappa shape index (κ3) is 5.29. The molecule has 0 aliphatic heterocycles. The minimum atomic E-state index is -5.21. The molecular formula is C8H4BClF5K. The molecule has 0 amide bonds. The van der Waals surface area contributed by atoms with E-state index in [2.05, 4.69) is 0 Å². The zero-order valence-corrected chi connectivity index (χ0v) is 12.0. The fourth-order valence-corrected chi connectivity index (χ4v) is 1.11. The van der Waals surface area contributed by atoms with Crippen molar-refractivity contribution in [3.8, 4) is 0 Å². The molecule has 0 spiro atoms. The van der Waals surface area contributed by atoms with Crippen molar-refractivity contribution in [3.05, 3.63) is 40.3 Å². The van der Waals surface area contributed by atoms with Crippen LogP contribution in [0.2, 0.25) is 5.02 Å². The standard InChI is InChI=1S/C8H4BClF5.K/c10-5-3-7(11)6(8(12)4-5)1-2-9(13,14)15;/h1-4H;/q-1;+1/b2-1+;. The zero-order chi connectivity index (χ0) is 11.6. The maximum atomic E-state index is 13.0. The van der Waals surface area contributed by atoms with Gasteiger partial charge in [-0.25, -0.2) is 8.78 Å². The predicted octanol–water partition coefficient (Wildman–Crippen LogP) is 1.02. The molecule has 0 saturated carbocycles. The summed E-state index contributed by atoms with van der Waals surface area (Å²) in [5.74, 6) is -2.44. The SMILES string of the molecule is Fc1cc(Cl)cc(F)c1/C=C/[B-](F)(F)F.[K+]. The average molecular weight is 280 g/mol. The predicted molar refractivity (Wildman–Crippen MR) is 49.5 cm³/mol. The Bertz CT molecular complexity index is 381. The van der Waals surface area contributed by atoms with Crippen molar-refractivity contribution >= 4 is 24.7 Å². The molecule has 0 radical (unpaired) electrons. The molecule has 1 aromatic rings. The van der Waals surface area contributed by atoms with Gasteiger partial charge in [0.15, 0.2) is 0 Å². The van der Waals surface area contributed by atoms with Crippen molar-refractivity contribution < 1.29 is 73.1 Å². The van der Waals surface area contributed by atoms with Gasteiger partial charge in [0, 0.05) is 10.6 Å². The Morgan fingerprint density at radius 2 is 1.50 bits per heavy atom. The van der Waals surface area contributed by atoms with Gasteiger partial charge >= 0.3 is 58.4 Å². The molecule has 0 fully saturated rings. The van der Waals surface area contributed by atoms with Crippen LogP contribution in [0.3, 0.4) is 0 Å². The van der Waals surface area contributed by atoms with Crippen molar-refractivity contribution in [2.75, 3.05) is 0 Å². The van der Waals surface area contributed by atoms with E-state index >= 15 is 0 Å². The molecule has 0 unspecified atom stereocenters. The van der Waals surface area contributed by atoms with Crippen LogP contribution in [0.5, 0.6) is 0 Å². The van der Waals surface area contributed by atoms with Crippen LogP contribution < -0.4 is 51.4 Å². The maximum Gasteiger partial charge on any atom is 1.00 e. The van der Waals surface area contributed by atoms with Crippen molar-refractivity contribution in [2.45, 2.75) is 0 Å². The van der Waals surface area contributed by atoms with Gasteiger partial charge in [-0.1, -0.05) is 17.7 Å². The quantitative estimate of drug-likeness (QED) is 0.560. The molecule has 0 aliphatic carbocycles. The monoisotopic (exact) mass is 280 g/mol. The molecule has 0 saturated heterocycles. The molecule has 0 heterocycles. The van der Waals surface area contributed by atoms with E-state index in [0.717, 1.165) is 12.1 Å². The summed E-state index contributed by atoms with van der Waals surface area (Å²) in [6.07, 6.45) is 0.348. The van der Waals surface area contributed by atoms with E-state index in [1.165, 1.54) is 0 Å². The van der Waals surface area contributed by atoms with Crippen molar-refractivity contribution in [3.63, 3.8) is 0 Å². The first-order chi connectivity index (χ1) is 6.79. The minimum Gasteiger partial charge on any atom is -0.445 e. The van der Waals surface area contributed by atoms with E-state index in [1.54, 1.807) is 0 Å². The van der Waals surface area contributed by atoms with Gasteiger partial charge < -0.3 is 12.9 Å². The van der Waals surface area contributed by atoms with Crippen LogP contribution in [0, 0.1) is 11.6 Å². The van der Waals surface area contributed by atoms with Gasteiger partial charge in [0.05, 0.1) is 0 Å². The second-order valence-electron chi connectivity index (χ2n) is 2.77. The van der Waals surface area contributed by atoms with Gasteiger partial charge in [-0.3, -0.25) is 0 Å². The fraction of sp³-hybridized carbons (Fsp3) is 0. The van der Waals surface area contributed by atoms with Crippen LogP contribution in [0.4, 0.5) is 21.7 Å². The van der Waals surface area contributed by atoms with E-state index in [1.807, 2.05) is 0 Å². The van der Waals surface area contributed by atoms with Crippen molar-refractivity contribution in [2.24, 2.45) is 0 Å². The number of hydrogen-bond acceptors (Lipinski definition) is 0. The Kier molecular flexibility index (Phi) is 6.76. The molecule has 0 nitrogen and oxygen atoms in total. The Morgan fingerprint density at radius 3 is 1.88 bits per heavy atom. The summed E-state index contributed by atoms with van der Waals surface area (Å²) in [7, 11) is 0. The molecule has 1 rings (SSSR count). The second kappa shape index (κ2) is 6.51. The number of rotatable bonds is 2. The largest absolute Gasteiger partial charge is 1.00 e. The molecular weight excluding hydrogens is 276 g/mol. The molecule has 0 aromatic heterocycles. The first-order valence-electron chi connectivity index (χ1n) is 3.83. The van der Waals surface area contributed by atoms with Gasteiger partial charge in [-0.05, 0) is 12.1 Å². The van der Waals surface area contributed by atoms with Crippen molar-refractivity contribution in [1.82, 2.24) is 0 Å². The summed E-state index contributed by atoms with van der Waals surface area (Å²) in [6.45, 7) is -5.21. The third-order valence-corrected chi connectivity index (χ3v) is 1.74. The summed E-state index contributed by atoms with van der Waals surface area (Å²) in [4.78, 5) is 0.